The van der Waals surface area contributed by atoms with Gasteiger partial charge in [-0.05, 0) is 13.8 Å². The minimum absolute atomic E-state index is 0.0324. The van der Waals surface area contributed by atoms with Crippen LogP contribution in [-0.2, 0) is 12.6 Å². The van der Waals surface area contributed by atoms with Gasteiger partial charge in [0, 0.05) is 7.05 Å². The molecule has 6 heteroatoms. The first-order valence-corrected chi connectivity index (χ1v) is 3.80. The van der Waals surface area contributed by atoms with Crippen LogP contribution in [0.4, 0.5) is 5.69 Å². The van der Waals surface area contributed by atoms with Crippen molar-refractivity contribution >= 4 is 5.69 Å². The van der Waals surface area contributed by atoms with Crippen LogP contribution < -0.4 is 5.73 Å². The molecule has 0 fully saturated rings. The number of nitro groups is 1. The molecule has 1 aromatic heterocycles. The molecule has 0 atom stereocenters. The summed E-state index contributed by atoms with van der Waals surface area (Å²) in [6, 6.07) is 0. The third kappa shape index (κ3) is 1.67. The van der Waals surface area contributed by atoms with Gasteiger partial charge < -0.3 is 5.73 Å². The van der Waals surface area contributed by atoms with Crippen LogP contribution >= 0.6 is 0 Å². The maximum Gasteiger partial charge on any atom is 0.312 e. The van der Waals surface area contributed by atoms with Crippen molar-refractivity contribution in [2.75, 3.05) is 0 Å². The molecule has 0 aliphatic carbocycles. The van der Waals surface area contributed by atoms with Crippen molar-refractivity contribution < 1.29 is 4.92 Å². The Morgan fingerprint density at radius 1 is 1.69 bits per heavy atom. The van der Waals surface area contributed by atoms with Gasteiger partial charge >= 0.3 is 5.69 Å². The van der Waals surface area contributed by atoms with Gasteiger partial charge in [-0.25, -0.2) is 0 Å². The molecule has 0 aromatic carbocycles. The molecule has 0 unspecified atom stereocenters. The fourth-order valence-electron chi connectivity index (χ4n) is 1.31. The summed E-state index contributed by atoms with van der Waals surface area (Å²) < 4.78 is 1.43. The van der Waals surface area contributed by atoms with Gasteiger partial charge in [-0.2, -0.15) is 5.10 Å². The van der Waals surface area contributed by atoms with E-state index in [1.807, 2.05) is 0 Å². The zero-order valence-electron chi connectivity index (χ0n) is 7.81. The minimum atomic E-state index is -0.756. The van der Waals surface area contributed by atoms with Crippen molar-refractivity contribution in [1.82, 2.24) is 9.78 Å². The number of aryl methyl sites for hydroxylation is 1. The van der Waals surface area contributed by atoms with Crippen molar-refractivity contribution in [3.05, 3.63) is 22.0 Å². The maximum absolute atomic E-state index is 10.6. The second-order valence-electron chi connectivity index (χ2n) is 3.48. The van der Waals surface area contributed by atoms with E-state index in [1.54, 1.807) is 20.9 Å². The van der Waals surface area contributed by atoms with E-state index in [1.165, 1.54) is 10.9 Å². The van der Waals surface area contributed by atoms with Gasteiger partial charge in [-0.1, -0.05) is 0 Å². The van der Waals surface area contributed by atoms with Crippen molar-refractivity contribution in [1.29, 1.82) is 0 Å². The summed E-state index contributed by atoms with van der Waals surface area (Å²) in [7, 11) is 1.64. The van der Waals surface area contributed by atoms with Gasteiger partial charge in [0.1, 0.15) is 11.9 Å². The van der Waals surface area contributed by atoms with E-state index in [2.05, 4.69) is 5.10 Å². The molecule has 0 saturated heterocycles. The van der Waals surface area contributed by atoms with Crippen LogP contribution in [0.3, 0.4) is 0 Å². The first-order chi connectivity index (χ1) is 5.84. The van der Waals surface area contributed by atoms with Crippen LogP contribution in [0, 0.1) is 10.1 Å². The number of nitrogens with two attached hydrogens (primary N) is 1. The highest BCUT2D eigenvalue weighted by atomic mass is 16.6. The molecule has 72 valence electrons. The normalized spacial score (nSPS) is 11.7. The second-order valence-corrected chi connectivity index (χ2v) is 3.48. The first-order valence-electron chi connectivity index (χ1n) is 3.80. The Hall–Kier alpha value is -1.43. The molecule has 0 radical (unpaired) electrons. The first kappa shape index (κ1) is 9.66. The van der Waals surface area contributed by atoms with Crippen LogP contribution in [0.5, 0.6) is 0 Å². The quantitative estimate of drug-likeness (QED) is 0.536. The van der Waals surface area contributed by atoms with Crippen LogP contribution in [0.1, 0.15) is 19.5 Å². The summed E-state index contributed by atoms with van der Waals surface area (Å²) in [6.45, 7) is 3.41. The van der Waals surface area contributed by atoms with Gasteiger partial charge in [-0.3, -0.25) is 14.8 Å². The SMILES string of the molecule is Cn1ncc([N+](=O)[O-])c1C(C)(C)N. The van der Waals surface area contributed by atoms with Crippen molar-refractivity contribution in [3.63, 3.8) is 0 Å². The number of aromatic nitrogens is 2. The molecular weight excluding hydrogens is 172 g/mol. The van der Waals surface area contributed by atoms with E-state index in [4.69, 9.17) is 5.73 Å². The van der Waals surface area contributed by atoms with E-state index in [0.717, 1.165) is 0 Å². The van der Waals surface area contributed by atoms with Gasteiger partial charge in [0.25, 0.3) is 0 Å². The summed E-state index contributed by atoms with van der Waals surface area (Å²) in [5.41, 5.74) is 5.41. The number of hydrogen-bond acceptors (Lipinski definition) is 4. The maximum atomic E-state index is 10.6. The van der Waals surface area contributed by atoms with E-state index < -0.39 is 10.5 Å². The topological polar surface area (TPSA) is 87.0 Å². The summed E-state index contributed by atoms with van der Waals surface area (Å²) in [6.07, 6.45) is 1.21. The monoisotopic (exact) mass is 184 g/mol. The van der Waals surface area contributed by atoms with Crippen LogP contribution in [0.2, 0.25) is 0 Å². The standard InChI is InChI=1S/C7H12N4O2/c1-7(2,8)6-5(11(12)13)4-9-10(6)3/h4H,8H2,1-3H3. The van der Waals surface area contributed by atoms with Crippen molar-refractivity contribution in [2.24, 2.45) is 12.8 Å². The molecule has 1 heterocycles. The Balaban J connectivity index is 3.33. The molecule has 0 saturated carbocycles. The second kappa shape index (κ2) is 2.81. The predicted molar refractivity (Wildman–Crippen MR) is 47.1 cm³/mol. The number of hydrogen-bond donors (Lipinski definition) is 1. The van der Waals surface area contributed by atoms with Gasteiger partial charge in [-0.15, -0.1) is 0 Å². The average Bonchev–Trinajstić information content (AvgIpc) is 2.28. The van der Waals surface area contributed by atoms with Crippen molar-refractivity contribution in [3.8, 4) is 0 Å². The Kier molecular flexibility index (Phi) is 2.09. The molecule has 1 aromatic rings. The lowest BCUT2D eigenvalue weighted by Crippen LogP contribution is -2.32. The lowest BCUT2D eigenvalue weighted by Gasteiger charge is -2.17. The average molecular weight is 184 g/mol. The summed E-state index contributed by atoms with van der Waals surface area (Å²) >= 11 is 0. The Morgan fingerprint density at radius 2 is 2.23 bits per heavy atom. The van der Waals surface area contributed by atoms with Crippen LogP contribution in [0.25, 0.3) is 0 Å². The van der Waals surface area contributed by atoms with Crippen molar-refractivity contribution in [2.45, 2.75) is 19.4 Å². The lowest BCUT2D eigenvalue weighted by atomic mass is 10.0. The minimum Gasteiger partial charge on any atom is -0.320 e. The van der Waals surface area contributed by atoms with E-state index >= 15 is 0 Å². The van der Waals surface area contributed by atoms with Gasteiger partial charge in [0.15, 0.2) is 0 Å². The summed E-state index contributed by atoms with van der Waals surface area (Å²) in [4.78, 5) is 10.1. The number of rotatable bonds is 2. The molecule has 0 aliphatic rings. The van der Waals surface area contributed by atoms with Crippen LogP contribution in [0.15, 0.2) is 6.20 Å². The molecule has 0 aliphatic heterocycles. The third-order valence-electron chi connectivity index (χ3n) is 1.73. The molecule has 0 spiro atoms. The number of nitrogens with zero attached hydrogens (tertiary/aromatic N) is 3. The summed E-state index contributed by atoms with van der Waals surface area (Å²) in [5.74, 6) is 0. The summed E-state index contributed by atoms with van der Waals surface area (Å²) in [5, 5.41) is 14.4. The highest BCUT2D eigenvalue weighted by molar-refractivity contribution is 5.37. The Labute approximate surface area is 75.5 Å². The fourth-order valence-corrected chi connectivity index (χ4v) is 1.31. The third-order valence-corrected chi connectivity index (χ3v) is 1.73. The van der Waals surface area contributed by atoms with E-state index in [-0.39, 0.29) is 5.69 Å². The molecule has 2 N–H and O–H groups in total. The Bertz CT molecular complexity index is 337. The molecule has 1 rings (SSSR count). The lowest BCUT2D eigenvalue weighted by molar-refractivity contribution is -0.386. The molecule has 6 nitrogen and oxygen atoms in total. The smallest absolute Gasteiger partial charge is 0.312 e. The molecular formula is C7H12N4O2. The largest absolute Gasteiger partial charge is 0.320 e. The van der Waals surface area contributed by atoms with Gasteiger partial charge in [0.05, 0.1) is 10.5 Å². The zero-order valence-corrected chi connectivity index (χ0v) is 7.81. The highest BCUT2D eigenvalue weighted by Crippen LogP contribution is 2.26. The molecule has 0 amide bonds. The Morgan fingerprint density at radius 3 is 2.54 bits per heavy atom. The van der Waals surface area contributed by atoms with Gasteiger partial charge in [0.2, 0.25) is 0 Å². The van der Waals surface area contributed by atoms with E-state index in [9.17, 15) is 10.1 Å². The zero-order chi connectivity index (χ0) is 10.2. The predicted octanol–water partition coefficient (Wildman–Crippen LogP) is 0.522. The molecule has 0 bridgehead atoms. The van der Waals surface area contributed by atoms with Crippen LogP contribution in [-0.4, -0.2) is 14.7 Å². The fraction of sp³-hybridized carbons (Fsp3) is 0.571. The highest BCUT2D eigenvalue weighted by Gasteiger charge is 2.29. The van der Waals surface area contributed by atoms with E-state index in [0.29, 0.717) is 5.69 Å². The molecule has 13 heavy (non-hydrogen) atoms.